The molecule has 2 rings (SSSR count). The van der Waals surface area contributed by atoms with Crippen LogP contribution in [0.5, 0.6) is 0 Å². The minimum absolute atomic E-state index is 0.0327. The maximum Gasteiger partial charge on any atom is 0.338 e. The third kappa shape index (κ3) is 5.77. The minimum Gasteiger partial charge on any atom is -0.452 e. The highest BCUT2D eigenvalue weighted by molar-refractivity contribution is 7.89. The summed E-state index contributed by atoms with van der Waals surface area (Å²) in [6.07, 6.45) is 2.73. The monoisotopic (exact) mass is 396 g/mol. The summed E-state index contributed by atoms with van der Waals surface area (Å²) in [5, 5.41) is 2.69. The van der Waals surface area contributed by atoms with Gasteiger partial charge in [-0.15, -0.1) is 0 Å². The Balaban J connectivity index is 2.02. The predicted molar refractivity (Wildman–Crippen MR) is 102 cm³/mol. The van der Waals surface area contributed by atoms with Crippen molar-refractivity contribution in [1.82, 2.24) is 9.62 Å². The SMILES string of the molecule is CC1CCCCN1S(=O)(=O)c1ccc(C(=O)OCC(=O)NC(C)(C)C)cc1. The van der Waals surface area contributed by atoms with Crippen LogP contribution >= 0.6 is 0 Å². The van der Waals surface area contributed by atoms with Gasteiger partial charge in [-0.3, -0.25) is 4.79 Å². The zero-order valence-electron chi connectivity index (χ0n) is 16.3. The van der Waals surface area contributed by atoms with Gasteiger partial charge >= 0.3 is 5.97 Å². The topological polar surface area (TPSA) is 92.8 Å². The molecule has 1 aromatic rings. The summed E-state index contributed by atoms with van der Waals surface area (Å²) >= 11 is 0. The van der Waals surface area contributed by atoms with Gasteiger partial charge in [0.2, 0.25) is 10.0 Å². The molecule has 1 heterocycles. The summed E-state index contributed by atoms with van der Waals surface area (Å²) in [5.41, 5.74) is -0.213. The van der Waals surface area contributed by atoms with Gasteiger partial charge in [-0.25, -0.2) is 13.2 Å². The van der Waals surface area contributed by atoms with Crippen LogP contribution in [0, 0.1) is 0 Å². The van der Waals surface area contributed by atoms with E-state index in [0.717, 1.165) is 19.3 Å². The zero-order chi connectivity index (χ0) is 20.2. The van der Waals surface area contributed by atoms with Crippen LogP contribution in [0.25, 0.3) is 0 Å². The van der Waals surface area contributed by atoms with Crippen LogP contribution in [0.4, 0.5) is 0 Å². The molecule has 7 nitrogen and oxygen atoms in total. The van der Waals surface area contributed by atoms with Crippen LogP contribution in [-0.2, 0) is 19.6 Å². The standard InChI is InChI=1S/C19H28N2O5S/c1-14-7-5-6-12-21(14)27(24,25)16-10-8-15(9-11-16)18(23)26-13-17(22)20-19(2,3)4/h8-11,14H,5-7,12-13H2,1-4H3,(H,20,22). The van der Waals surface area contributed by atoms with Crippen molar-refractivity contribution in [2.75, 3.05) is 13.2 Å². The molecular formula is C19H28N2O5S. The van der Waals surface area contributed by atoms with E-state index in [9.17, 15) is 18.0 Å². The summed E-state index contributed by atoms with van der Waals surface area (Å²) in [6, 6.07) is 5.59. The molecule has 1 atom stereocenters. The number of nitrogens with zero attached hydrogens (tertiary/aromatic N) is 1. The number of carbonyl (C=O) groups excluding carboxylic acids is 2. The molecule has 1 aliphatic rings. The van der Waals surface area contributed by atoms with E-state index in [0.29, 0.717) is 6.54 Å². The van der Waals surface area contributed by atoms with Gasteiger partial charge in [-0.1, -0.05) is 6.42 Å². The number of amides is 1. The highest BCUT2D eigenvalue weighted by Gasteiger charge is 2.31. The summed E-state index contributed by atoms with van der Waals surface area (Å²) in [6.45, 7) is 7.52. The van der Waals surface area contributed by atoms with Crippen molar-refractivity contribution in [3.8, 4) is 0 Å². The van der Waals surface area contributed by atoms with E-state index in [1.54, 1.807) is 0 Å². The predicted octanol–water partition coefficient (Wildman–Crippen LogP) is 2.32. The lowest BCUT2D eigenvalue weighted by atomic mass is 10.1. The molecule has 27 heavy (non-hydrogen) atoms. The second-order valence-electron chi connectivity index (χ2n) is 7.86. The summed E-state index contributed by atoms with van der Waals surface area (Å²) in [4.78, 5) is 23.9. The zero-order valence-corrected chi connectivity index (χ0v) is 17.1. The van der Waals surface area contributed by atoms with Crippen molar-refractivity contribution in [2.24, 2.45) is 0 Å². The Kier molecular flexibility index (Phi) is 6.64. The maximum absolute atomic E-state index is 12.8. The number of benzene rings is 1. The third-order valence-electron chi connectivity index (χ3n) is 4.29. The Morgan fingerprint density at radius 3 is 2.37 bits per heavy atom. The first-order chi connectivity index (χ1) is 12.5. The van der Waals surface area contributed by atoms with Crippen LogP contribution in [0.2, 0.25) is 0 Å². The van der Waals surface area contributed by atoms with E-state index in [-0.39, 0.29) is 23.1 Å². The van der Waals surface area contributed by atoms with Gasteiger partial charge in [-0.2, -0.15) is 4.31 Å². The Labute approximate surface area is 161 Å². The molecule has 1 amide bonds. The number of hydrogen-bond donors (Lipinski definition) is 1. The molecule has 0 bridgehead atoms. The fraction of sp³-hybridized carbons (Fsp3) is 0.579. The molecule has 1 unspecified atom stereocenters. The van der Waals surface area contributed by atoms with Crippen molar-refractivity contribution < 1.29 is 22.7 Å². The lowest BCUT2D eigenvalue weighted by Gasteiger charge is -2.32. The molecule has 1 fully saturated rings. The molecule has 1 aromatic carbocycles. The largest absolute Gasteiger partial charge is 0.452 e. The van der Waals surface area contributed by atoms with Crippen molar-refractivity contribution in [2.45, 2.75) is 63.4 Å². The second kappa shape index (κ2) is 8.39. The van der Waals surface area contributed by atoms with E-state index in [1.165, 1.54) is 28.6 Å². The average molecular weight is 397 g/mol. The average Bonchev–Trinajstić information content (AvgIpc) is 2.58. The van der Waals surface area contributed by atoms with Crippen LogP contribution in [0.3, 0.4) is 0 Å². The number of rotatable bonds is 5. The van der Waals surface area contributed by atoms with Gasteiger partial charge in [0.15, 0.2) is 6.61 Å². The molecule has 1 saturated heterocycles. The first kappa shape index (κ1) is 21.4. The van der Waals surface area contributed by atoms with Gasteiger partial charge < -0.3 is 10.1 Å². The lowest BCUT2D eigenvalue weighted by molar-refractivity contribution is -0.125. The van der Waals surface area contributed by atoms with Gasteiger partial charge in [0.1, 0.15) is 0 Å². The first-order valence-corrected chi connectivity index (χ1v) is 10.5. The van der Waals surface area contributed by atoms with Crippen LogP contribution in [0.15, 0.2) is 29.2 Å². The third-order valence-corrected chi connectivity index (χ3v) is 6.32. The summed E-state index contributed by atoms with van der Waals surface area (Å²) < 4.78 is 32.1. The Bertz CT molecular complexity index is 781. The van der Waals surface area contributed by atoms with E-state index in [2.05, 4.69) is 5.32 Å². The van der Waals surface area contributed by atoms with Crippen molar-refractivity contribution in [3.05, 3.63) is 29.8 Å². The van der Waals surface area contributed by atoms with E-state index >= 15 is 0 Å². The highest BCUT2D eigenvalue weighted by atomic mass is 32.2. The fourth-order valence-electron chi connectivity index (χ4n) is 3.00. The molecule has 0 spiro atoms. The highest BCUT2D eigenvalue weighted by Crippen LogP contribution is 2.25. The van der Waals surface area contributed by atoms with Gasteiger partial charge in [0.25, 0.3) is 5.91 Å². The second-order valence-corrected chi connectivity index (χ2v) is 9.75. The molecule has 0 aliphatic carbocycles. The lowest BCUT2D eigenvalue weighted by Crippen LogP contribution is -2.42. The first-order valence-electron chi connectivity index (χ1n) is 9.11. The Hall–Kier alpha value is -1.93. The molecule has 1 N–H and O–H groups in total. The van der Waals surface area contributed by atoms with Crippen molar-refractivity contribution >= 4 is 21.9 Å². The molecule has 0 aromatic heterocycles. The number of esters is 1. The van der Waals surface area contributed by atoms with Gasteiger partial charge in [0, 0.05) is 18.1 Å². The smallest absolute Gasteiger partial charge is 0.338 e. The molecule has 8 heteroatoms. The molecule has 0 saturated carbocycles. The summed E-state index contributed by atoms with van der Waals surface area (Å²) in [5.74, 6) is -1.07. The Morgan fingerprint density at radius 2 is 1.81 bits per heavy atom. The number of hydrogen-bond acceptors (Lipinski definition) is 5. The number of nitrogens with one attached hydrogen (secondary N) is 1. The molecule has 1 aliphatic heterocycles. The molecule has 0 radical (unpaired) electrons. The number of ether oxygens (including phenoxy) is 1. The van der Waals surface area contributed by atoms with Crippen LogP contribution in [0.1, 0.15) is 57.3 Å². The normalized spacial score (nSPS) is 18.7. The molecular weight excluding hydrogens is 368 g/mol. The van der Waals surface area contributed by atoms with Crippen LogP contribution in [-0.4, -0.2) is 49.3 Å². The van der Waals surface area contributed by atoms with Crippen LogP contribution < -0.4 is 5.32 Å². The van der Waals surface area contributed by atoms with Crippen molar-refractivity contribution in [3.63, 3.8) is 0 Å². The maximum atomic E-state index is 12.8. The molecule has 150 valence electrons. The fourth-order valence-corrected chi connectivity index (χ4v) is 4.70. The minimum atomic E-state index is -3.58. The van der Waals surface area contributed by atoms with E-state index in [4.69, 9.17) is 4.74 Å². The summed E-state index contributed by atoms with van der Waals surface area (Å²) in [7, 11) is -3.58. The van der Waals surface area contributed by atoms with Crippen molar-refractivity contribution in [1.29, 1.82) is 0 Å². The van der Waals surface area contributed by atoms with E-state index < -0.39 is 27.4 Å². The van der Waals surface area contributed by atoms with E-state index in [1.807, 2.05) is 27.7 Å². The number of piperidine rings is 1. The van der Waals surface area contributed by atoms with Gasteiger partial charge in [-0.05, 0) is 64.8 Å². The Morgan fingerprint density at radius 1 is 1.19 bits per heavy atom. The number of carbonyl (C=O) groups is 2. The number of sulfonamides is 1. The van der Waals surface area contributed by atoms with Gasteiger partial charge in [0.05, 0.1) is 10.5 Å². The quantitative estimate of drug-likeness (QED) is 0.771.